The van der Waals surface area contributed by atoms with Crippen molar-refractivity contribution in [2.24, 2.45) is 0 Å². The number of rotatable bonds is 3. The van der Waals surface area contributed by atoms with Crippen molar-refractivity contribution in [2.45, 2.75) is 6.54 Å². The number of thiophene rings is 1. The monoisotopic (exact) mass is 248 g/mol. The molecule has 0 saturated heterocycles. The van der Waals surface area contributed by atoms with E-state index in [1.807, 2.05) is 5.38 Å². The average Bonchev–Trinajstić information content (AvgIpc) is 2.81. The van der Waals surface area contributed by atoms with Crippen molar-refractivity contribution in [3.8, 4) is 6.07 Å². The van der Waals surface area contributed by atoms with Crippen molar-refractivity contribution in [3.05, 3.63) is 51.2 Å². The van der Waals surface area contributed by atoms with Crippen LogP contribution in [0, 0.1) is 11.3 Å². The van der Waals surface area contributed by atoms with E-state index < -0.39 is 0 Å². The summed E-state index contributed by atoms with van der Waals surface area (Å²) >= 11 is 7.69. The number of nitrogens with one attached hydrogen (secondary N) is 1. The van der Waals surface area contributed by atoms with E-state index in [2.05, 4.69) is 22.8 Å². The molecule has 0 aliphatic heterocycles. The highest BCUT2D eigenvalue weighted by atomic mass is 35.5. The zero-order valence-electron chi connectivity index (χ0n) is 8.40. The lowest BCUT2D eigenvalue weighted by atomic mass is 10.2. The molecule has 16 heavy (non-hydrogen) atoms. The minimum Gasteiger partial charge on any atom is -0.380 e. The number of halogens is 1. The molecule has 2 nitrogen and oxygen atoms in total. The summed E-state index contributed by atoms with van der Waals surface area (Å²) in [5.74, 6) is 0. The molecule has 2 rings (SSSR count). The average molecular weight is 249 g/mol. The molecule has 1 aromatic carbocycles. The van der Waals surface area contributed by atoms with Crippen molar-refractivity contribution in [1.29, 1.82) is 5.26 Å². The van der Waals surface area contributed by atoms with Crippen molar-refractivity contribution < 1.29 is 0 Å². The summed E-state index contributed by atoms with van der Waals surface area (Å²) in [6.07, 6.45) is 0. The van der Waals surface area contributed by atoms with E-state index >= 15 is 0 Å². The lowest BCUT2D eigenvalue weighted by Crippen LogP contribution is -1.98. The van der Waals surface area contributed by atoms with Crippen LogP contribution in [0.2, 0.25) is 5.02 Å². The van der Waals surface area contributed by atoms with Gasteiger partial charge in [-0.05, 0) is 40.6 Å². The molecule has 1 aromatic heterocycles. The summed E-state index contributed by atoms with van der Waals surface area (Å²) in [6.45, 7) is 0.720. The highest BCUT2D eigenvalue weighted by Crippen LogP contribution is 2.23. The van der Waals surface area contributed by atoms with E-state index in [1.54, 1.807) is 29.5 Å². The smallest absolute Gasteiger partial charge is 0.0992 e. The van der Waals surface area contributed by atoms with Gasteiger partial charge < -0.3 is 5.32 Å². The van der Waals surface area contributed by atoms with E-state index in [0.717, 1.165) is 12.2 Å². The molecule has 0 aliphatic rings. The largest absolute Gasteiger partial charge is 0.380 e. The van der Waals surface area contributed by atoms with E-state index in [-0.39, 0.29) is 0 Å². The van der Waals surface area contributed by atoms with Crippen LogP contribution in [0.1, 0.15) is 11.1 Å². The van der Waals surface area contributed by atoms with Gasteiger partial charge in [0.05, 0.1) is 22.3 Å². The van der Waals surface area contributed by atoms with Crippen molar-refractivity contribution in [2.75, 3.05) is 5.32 Å². The molecule has 0 spiro atoms. The van der Waals surface area contributed by atoms with Gasteiger partial charge in [-0.25, -0.2) is 0 Å². The number of anilines is 1. The third-order valence-corrected chi connectivity index (χ3v) is 3.22. The summed E-state index contributed by atoms with van der Waals surface area (Å²) < 4.78 is 0. The summed E-state index contributed by atoms with van der Waals surface area (Å²) in [5.41, 5.74) is 2.62. The van der Waals surface area contributed by atoms with E-state index in [4.69, 9.17) is 16.9 Å². The zero-order chi connectivity index (χ0) is 11.4. The van der Waals surface area contributed by atoms with Crippen molar-refractivity contribution >= 4 is 28.6 Å². The highest BCUT2D eigenvalue weighted by molar-refractivity contribution is 7.07. The Kier molecular flexibility index (Phi) is 3.45. The van der Waals surface area contributed by atoms with Crippen LogP contribution < -0.4 is 5.32 Å². The van der Waals surface area contributed by atoms with Crippen LogP contribution in [0.3, 0.4) is 0 Å². The van der Waals surface area contributed by atoms with Gasteiger partial charge in [-0.1, -0.05) is 11.6 Å². The summed E-state index contributed by atoms with van der Waals surface area (Å²) in [7, 11) is 0. The second-order valence-electron chi connectivity index (χ2n) is 3.29. The van der Waals surface area contributed by atoms with Gasteiger partial charge in [0.15, 0.2) is 0 Å². The first-order valence-electron chi connectivity index (χ1n) is 4.74. The topological polar surface area (TPSA) is 35.8 Å². The SMILES string of the molecule is N#Cc1ccc(Cl)c(NCc2ccsc2)c1. The van der Waals surface area contributed by atoms with Gasteiger partial charge in [-0.15, -0.1) is 0 Å². The van der Waals surface area contributed by atoms with Crippen LogP contribution in [-0.4, -0.2) is 0 Å². The van der Waals surface area contributed by atoms with Crippen molar-refractivity contribution in [3.63, 3.8) is 0 Å². The quantitative estimate of drug-likeness (QED) is 0.895. The third-order valence-electron chi connectivity index (χ3n) is 2.16. The molecule has 1 heterocycles. The molecule has 0 amide bonds. The molecule has 0 atom stereocenters. The first-order chi connectivity index (χ1) is 7.79. The first kappa shape index (κ1) is 11.0. The van der Waals surface area contributed by atoms with E-state index in [9.17, 15) is 0 Å². The molecule has 4 heteroatoms. The fourth-order valence-corrected chi connectivity index (χ4v) is 2.17. The van der Waals surface area contributed by atoms with Crippen LogP contribution in [0.15, 0.2) is 35.0 Å². The predicted octanol–water partition coefficient (Wildman–Crippen LogP) is 3.89. The maximum absolute atomic E-state index is 8.79. The number of nitrogens with zero attached hydrogens (tertiary/aromatic N) is 1. The molecule has 80 valence electrons. The lowest BCUT2D eigenvalue weighted by Gasteiger charge is -2.07. The van der Waals surface area contributed by atoms with Gasteiger partial charge in [0, 0.05) is 6.54 Å². The second-order valence-corrected chi connectivity index (χ2v) is 4.48. The van der Waals surface area contributed by atoms with Crippen LogP contribution in [0.25, 0.3) is 0 Å². The Morgan fingerprint density at radius 2 is 2.25 bits per heavy atom. The minimum absolute atomic E-state index is 0.609. The highest BCUT2D eigenvalue weighted by Gasteiger charge is 2.01. The van der Waals surface area contributed by atoms with Gasteiger partial charge in [-0.2, -0.15) is 16.6 Å². The fraction of sp³-hybridized carbons (Fsp3) is 0.0833. The van der Waals surface area contributed by atoms with Gasteiger partial charge in [-0.3, -0.25) is 0 Å². The first-order valence-corrected chi connectivity index (χ1v) is 6.06. The number of benzene rings is 1. The van der Waals surface area contributed by atoms with Crippen molar-refractivity contribution in [1.82, 2.24) is 0 Å². The molecule has 0 unspecified atom stereocenters. The second kappa shape index (κ2) is 5.02. The molecule has 0 saturated carbocycles. The van der Waals surface area contributed by atoms with Crippen LogP contribution in [-0.2, 0) is 6.54 Å². The zero-order valence-corrected chi connectivity index (χ0v) is 9.98. The molecule has 0 radical (unpaired) electrons. The van der Waals surface area contributed by atoms with E-state index in [0.29, 0.717) is 10.6 Å². The molecule has 0 aliphatic carbocycles. The predicted molar refractivity (Wildman–Crippen MR) is 67.8 cm³/mol. The normalized spacial score (nSPS) is 9.75. The third kappa shape index (κ3) is 2.54. The molecular weight excluding hydrogens is 240 g/mol. The molecule has 1 N–H and O–H groups in total. The summed E-state index contributed by atoms with van der Waals surface area (Å²) in [6, 6.07) is 9.34. The molecular formula is C12H9ClN2S. The fourth-order valence-electron chi connectivity index (χ4n) is 1.32. The van der Waals surface area contributed by atoms with Crippen LogP contribution in [0.5, 0.6) is 0 Å². The summed E-state index contributed by atoms with van der Waals surface area (Å²) in [5, 5.41) is 16.7. The van der Waals surface area contributed by atoms with Gasteiger partial charge in [0.2, 0.25) is 0 Å². The van der Waals surface area contributed by atoms with Gasteiger partial charge in [0.25, 0.3) is 0 Å². The van der Waals surface area contributed by atoms with Gasteiger partial charge in [0.1, 0.15) is 0 Å². The lowest BCUT2D eigenvalue weighted by molar-refractivity contribution is 1.16. The number of nitriles is 1. The summed E-state index contributed by atoms with van der Waals surface area (Å²) in [4.78, 5) is 0. The van der Waals surface area contributed by atoms with E-state index in [1.165, 1.54) is 5.56 Å². The van der Waals surface area contributed by atoms with Crippen LogP contribution >= 0.6 is 22.9 Å². The Labute approximate surface area is 103 Å². The molecule has 0 fully saturated rings. The number of hydrogen-bond acceptors (Lipinski definition) is 3. The maximum atomic E-state index is 8.79. The Bertz CT molecular complexity index is 514. The Hall–Kier alpha value is -1.50. The standard InChI is InChI=1S/C12H9ClN2S/c13-11-2-1-9(6-14)5-12(11)15-7-10-3-4-16-8-10/h1-5,8,15H,7H2. The Balaban J connectivity index is 2.12. The number of hydrogen-bond donors (Lipinski definition) is 1. The Morgan fingerprint density at radius 3 is 2.94 bits per heavy atom. The van der Waals surface area contributed by atoms with Crippen LogP contribution in [0.4, 0.5) is 5.69 Å². The van der Waals surface area contributed by atoms with Gasteiger partial charge >= 0.3 is 0 Å². The maximum Gasteiger partial charge on any atom is 0.0992 e. The molecule has 0 bridgehead atoms. The molecule has 2 aromatic rings. The Morgan fingerprint density at radius 1 is 1.38 bits per heavy atom. The minimum atomic E-state index is 0.609.